The lowest BCUT2D eigenvalue weighted by Crippen LogP contribution is -2.28. The third kappa shape index (κ3) is 3.82. The quantitative estimate of drug-likeness (QED) is 0.760. The summed E-state index contributed by atoms with van der Waals surface area (Å²) in [6, 6.07) is 6.09. The molecule has 0 aliphatic carbocycles. The van der Waals surface area contributed by atoms with Crippen LogP contribution < -0.4 is 5.32 Å². The Balaban J connectivity index is 2.75. The molecule has 0 spiro atoms. The SMILES string of the molecule is C=CCC(C)NC(C)c1cc(Cl)ccc1Cl. The van der Waals surface area contributed by atoms with Gasteiger partial charge in [0.15, 0.2) is 0 Å². The first-order valence-corrected chi connectivity index (χ1v) is 6.12. The zero-order valence-corrected chi connectivity index (χ0v) is 11.1. The molecule has 1 rings (SSSR count). The van der Waals surface area contributed by atoms with Gasteiger partial charge in [-0.25, -0.2) is 0 Å². The predicted molar refractivity (Wildman–Crippen MR) is 72.3 cm³/mol. The largest absolute Gasteiger partial charge is 0.307 e. The molecule has 0 amide bonds. The number of benzene rings is 1. The molecule has 0 aliphatic rings. The Labute approximate surface area is 107 Å². The fourth-order valence-corrected chi connectivity index (χ4v) is 2.14. The zero-order valence-electron chi connectivity index (χ0n) is 9.63. The molecule has 0 aliphatic heterocycles. The molecule has 0 radical (unpaired) electrons. The second kappa shape index (κ2) is 6.29. The van der Waals surface area contributed by atoms with Crippen molar-refractivity contribution in [2.75, 3.05) is 0 Å². The van der Waals surface area contributed by atoms with Crippen molar-refractivity contribution < 1.29 is 0 Å². The van der Waals surface area contributed by atoms with Gasteiger partial charge in [0.1, 0.15) is 0 Å². The number of halogens is 2. The van der Waals surface area contributed by atoms with Crippen molar-refractivity contribution in [2.45, 2.75) is 32.4 Å². The monoisotopic (exact) mass is 257 g/mol. The van der Waals surface area contributed by atoms with Crippen LogP contribution in [0.15, 0.2) is 30.9 Å². The molecule has 0 fully saturated rings. The third-order valence-corrected chi connectivity index (χ3v) is 3.06. The molecule has 88 valence electrons. The third-order valence-electron chi connectivity index (χ3n) is 2.48. The number of rotatable bonds is 5. The normalized spacial score (nSPS) is 14.5. The van der Waals surface area contributed by atoms with E-state index in [9.17, 15) is 0 Å². The lowest BCUT2D eigenvalue weighted by Gasteiger charge is -2.20. The van der Waals surface area contributed by atoms with Crippen molar-refractivity contribution in [1.82, 2.24) is 5.32 Å². The lowest BCUT2D eigenvalue weighted by molar-refractivity contribution is 0.483. The minimum absolute atomic E-state index is 0.182. The van der Waals surface area contributed by atoms with Crippen LogP contribution in [-0.4, -0.2) is 6.04 Å². The van der Waals surface area contributed by atoms with Gasteiger partial charge in [-0.3, -0.25) is 0 Å². The summed E-state index contributed by atoms with van der Waals surface area (Å²) in [6.45, 7) is 7.93. The maximum absolute atomic E-state index is 6.13. The molecular formula is C13H17Cl2N. The van der Waals surface area contributed by atoms with Crippen LogP contribution in [0.1, 0.15) is 31.9 Å². The molecule has 0 bridgehead atoms. The molecule has 2 atom stereocenters. The van der Waals surface area contributed by atoms with E-state index in [1.807, 2.05) is 18.2 Å². The molecule has 3 heteroatoms. The Kier molecular flexibility index (Phi) is 5.33. The van der Waals surface area contributed by atoms with Crippen LogP contribution in [-0.2, 0) is 0 Å². The van der Waals surface area contributed by atoms with E-state index in [2.05, 4.69) is 25.7 Å². The van der Waals surface area contributed by atoms with E-state index in [1.165, 1.54) is 0 Å². The van der Waals surface area contributed by atoms with E-state index < -0.39 is 0 Å². The van der Waals surface area contributed by atoms with Gasteiger partial charge in [-0.05, 0) is 44.0 Å². The van der Waals surface area contributed by atoms with Gasteiger partial charge in [-0.15, -0.1) is 6.58 Å². The molecule has 0 saturated heterocycles. The zero-order chi connectivity index (χ0) is 12.1. The van der Waals surface area contributed by atoms with Gasteiger partial charge >= 0.3 is 0 Å². The van der Waals surface area contributed by atoms with E-state index in [4.69, 9.17) is 23.2 Å². The Bertz CT molecular complexity index is 363. The summed E-state index contributed by atoms with van der Waals surface area (Å²) in [6.07, 6.45) is 2.84. The fraction of sp³-hybridized carbons (Fsp3) is 0.385. The highest BCUT2D eigenvalue weighted by molar-refractivity contribution is 6.33. The summed E-state index contributed by atoms with van der Waals surface area (Å²) in [4.78, 5) is 0. The highest BCUT2D eigenvalue weighted by Gasteiger charge is 2.12. The standard InChI is InChI=1S/C13H17Cl2N/c1-4-5-9(2)16-10(3)12-8-11(14)6-7-13(12)15/h4,6-10,16H,1,5H2,2-3H3. The van der Waals surface area contributed by atoms with Gasteiger partial charge in [0.25, 0.3) is 0 Å². The summed E-state index contributed by atoms with van der Waals surface area (Å²) in [5.74, 6) is 0. The molecule has 16 heavy (non-hydrogen) atoms. The number of hydrogen-bond acceptors (Lipinski definition) is 1. The molecule has 1 aromatic rings. The van der Waals surface area contributed by atoms with Crippen molar-refractivity contribution in [3.05, 3.63) is 46.5 Å². The first kappa shape index (κ1) is 13.6. The van der Waals surface area contributed by atoms with Crippen LogP contribution in [0.3, 0.4) is 0 Å². The molecular weight excluding hydrogens is 241 g/mol. The molecule has 1 nitrogen and oxygen atoms in total. The Morgan fingerprint density at radius 2 is 2.06 bits per heavy atom. The Hall–Kier alpha value is -0.500. The lowest BCUT2D eigenvalue weighted by atomic mass is 10.1. The molecule has 0 heterocycles. The highest BCUT2D eigenvalue weighted by atomic mass is 35.5. The topological polar surface area (TPSA) is 12.0 Å². The van der Waals surface area contributed by atoms with Crippen LogP contribution in [0.5, 0.6) is 0 Å². The van der Waals surface area contributed by atoms with Crippen LogP contribution in [0, 0.1) is 0 Å². The van der Waals surface area contributed by atoms with E-state index >= 15 is 0 Å². The fourth-order valence-electron chi connectivity index (χ4n) is 1.68. The average Bonchev–Trinajstić information content (AvgIpc) is 2.21. The maximum atomic E-state index is 6.13. The average molecular weight is 258 g/mol. The summed E-state index contributed by atoms with van der Waals surface area (Å²) < 4.78 is 0. The van der Waals surface area contributed by atoms with Crippen molar-refractivity contribution in [1.29, 1.82) is 0 Å². The van der Waals surface area contributed by atoms with Crippen molar-refractivity contribution in [2.24, 2.45) is 0 Å². The van der Waals surface area contributed by atoms with Crippen molar-refractivity contribution in [3.63, 3.8) is 0 Å². The molecule has 1 N–H and O–H groups in total. The van der Waals surface area contributed by atoms with Crippen LogP contribution in [0.4, 0.5) is 0 Å². The highest BCUT2D eigenvalue weighted by Crippen LogP contribution is 2.26. The molecule has 0 aromatic heterocycles. The van der Waals surface area contributed by atoms with E-state index in [-0.39, 0.29) is 6.04 Å². The van der Waals surface area contributed by atoms with Crippen molar-refractivity contribution in [3.8, 4) is 0 Å². The van der Waals surface area contributed by atoms with Crippen LogP contribution in [0.2, 0.25) is 10.0 Å². The minimum Gasteiger partial charge on any atom is -0.307 e. The Morgan fingerprint density at radius 3 is 2.69 bits per heavy atom. The predicted octanol–water partition coefficient (Wildman–Crippen LogP) is 4.61. The van der Waals surface area contributed by atoms with E-state index in [0.29, 0.717) is 11.1 Å². The summed E-state index contributed by atoms with van der Waals surface area (Å²) in [5.41, 5.74) is 1.03. The van der Waals surface area contributed by atoms with Gasteiger partial charge in [0.05, 0.1) is 0 Å². The first-order chi connectivity index (χ1) is 7.54. The first-order valence-electron chi connectivity index (χ1n) is 5.36. The molecule has 2 unspecified atom stereocenters. The molecule has 1 aromatic carbocycles. The second-order valence-corrected chi connectivity index (χ2v) is 4.82. The van der Waals surface area contributed by atoms with E-state index in [1.54, 1.807) is 6.07 Å². The Morgan fingerprint density at radius 1 is 1.38 bits per heavy atom. The summed E-state index contributed by atoms with van der Waals surface area (Å²) in [5, 5.41) is 4.91. The van der Waals surface area contributed by atoms with Crippen molar-refractivity contribution >= 4 is 23.2 Å². The number of nitrogens with one attached hydrogen (secondary N) is 1. The van der Waals surface area contributed by atoms with Crippen LogP contribution in [0.25, 0.3) is 0 Å². The van der Waals surface area contributed by atoms with E-state index in [0.717, 1.165) is 17.0 Å². The smallest absolute Gasteiger partial charge is 0.0454 e. The van der Waals surface area contributed by atoms with Gasteiger partial charge in [-0.2, -0.15) is 0 Å². The van der Waals surface area contributed by atoms with Crippen LogP contribution >= 0.6 is 23.2 Å². The van der Waals surface area contributed by atoms with Gasteiger partial charge < -0.3 is 5.32 Å². The minimum atomic E-state index is 0.182. The van der Waals surface area contributed by atoms with Gasteiger partial charge in [-0.1, -0.05) is 29.3 Å². The van der Waals surface area contributed by atoms with Gasteiger partial charge in [0, 0.05) is 22.1 Å². The second-order valence-electron chi connectivity index (χ2n) is 3.98. The van der Waals surface area contributed by atoms with Gasteiger partial charge in [0.2, 0.25) is 0 Å². The summed E-state index contributed by atoms with van der Waals surface area (Å²) in [7, 11) is 0. The number of hydrogen-bond donors (Lipinski definition) is 1. The maximum Gasteiger partial charge on any atom is 0.0454 e. The molecule has 0 saturated carbocycles. The summed E-state index contributed by atoms with van der Waals surface area (Å²) >= 11 is 12.1.